The maximum absolute atomic E-state index is 14.6. The molecule has 34 heavy (non-hydrogen) atoms. The second-order valence-electron chi connectivity index (χ2n) is 8.24. The van der Waals surface area contributed by atoms with Crippen LogP contribution in [0.3, 0.4) is 0 Å². The van der Waals surface area contributed by atoms with E-state index in [2.05, 4.69) is 10.3 Å². The molecule has 7 nitrogen and oxygen atoms in total. The van der Waals surface area contributed by atoms with Crippen molar-refractivity contribution in [2.75, 3.05) is 16.8 Å². The molecule has 1 aliphatic rings. The third-order valence-corrected chi connectivity index (χ3v) is 5.84. The summed E-state index contributed by atoms with van der Waals surface area (Å²) in [6.07, 6.45) is 0.0238. The van der Waals surface area contributed by atoms with Gasteiger partial charge in [-0.05, 0) is 61.7 Å². The Morgan fingerprint density at radius 2 is 2.09 bits per heavy atom. The number of hydrogen-bond donors (Lipinski definition) is 2. The molecule has 2 N–H and O–H groups in total. The molecule has 2 aromatic carbocycles. The number of cyclic esters (lactones) is 1. The summed E-state index contributed by atoms with van der Waals surface area (Å²) >= 11 is 5.82. The highest BCUT2D eigenvalue weighted by Gasteiger charge is 2.35. The first-order valence-corrected chi connectivity index (χ1v) is 11.1. The Labute approximate surface area is 201 Å². The molecular formula is C25H23ClFN3O4. The number of carboxylic acid groups (broad SMARTS) is 1. The minimum atomic E-state index is -1.24. The number of carbonyl (C=O) groups is 2. The second kappa shape index (κ2) is 9.69. The van der Waals surface area contributed by atoms with Crippen LogP contribution in [0.5, 0.6) is 0 Å². The van der Waals surface area contributed by atoms with Crippen molar-refractivity contribution in [1.82, 2.24) is 4.98 Å². The van der Waals surface area contributed by atoms with E-state index in [0.29, 0.717) is 17.7 Å². The molecule has 1 saturated heterocycles. The number of aromatic nitrogens is 1. The first-order valence-electron chi connectivity index (χ1n) is 10.7. The minimum absolute atomic E-state index is 0.0517. The number of hydrogen-bond acceptors (Lipinski definition) is 5. The number of nitrogens with zero attached hydrogens (tertiary/aromatic N) is 2. The highest BCUT2D eigenvalue weighted by Crippen LogP contribution is 2.31. The van der Waals surface area contributed by atoms with E-state index in [-0.39, 0.29) is 29.2 Å². The molecule has 1 amide bonds. The molecule has 1 aromatic heterocycles. The summed E-state index contributed by atoms with van der Waals surface area (Å²) in [5.41, 5.74) is 3.06. The highest BCUT2D eigenvalue weighted by molar-refractivity contribution is 6.29. The van der Waals surface area contributed by atoms with Gasteiger partial charge in [0.05, 0.1) is 17.4 Å². The van der Waals surface area contributed by atoms with Crippen LogP contribution in [0.4, 0.5) is 20.6 Å². The standard InChI is InChI=1S/C25H23ClFN3O4/c1-14-4-3-5-16(8-14)9-20-13-34-25(33)30(20)19-11-17(10-18(27)12-19)15(2)28-21-6-7-22(26)29-23(21)24(31)32/h3-8,10-12,15,20,28H,9,13H2,1-2H3,(H,31,32)/t15-,20+/m1/s1. The number of benzene rings is 2. The number of amides is 1. The third-order valence-electron chi connectivity index (χ3n) is 5.63. The zero-order chi connectivity index (χ0) is 24.4. The smallest absolute Gasteiger partial charge is 0.414 e. The fraction of sp³-hybridized carbons (Fsp3) is 0.240. The Balaban J connectivity index is 1.61. The monoisotopic (exact) mass is 483 g/mol. The summed E-state index contributed by atoms with van der Waals surface area (Å²) in [4.78, 5) is 29.4. The number of aromatic carboxylic acids is 1. The first kappa shape index (κ1) is 23.5. The van der Waals surface area contributed by atoms with Gasteiger partial charge in [-0.25, -0.2) is 19.0 Å². The van der Waals surface area contributed by atoms with Crippen LogP contribution in [-0.2, 0) is 11.2 Å². The van der Waals surface area contributed by atoms with Crippen LogP contribution in [-0.4, -0.2) is 34.8 Å². The van der Waals surface area contributed by atoms with Gasteiger partial charge in [-0.15, -0.1) is 0 Å². The molecule has 2 heterocycles. The lowest BCUT2D eigenvalue weighted by atomic mass is 10.0. The molecule has 0 saturated carbocycles. The number of carbonyl (C=O) groups excluding carboxylic acids is 1. The quantitative estimate of drug-likeness (QED) is 0.424. The minimum Gasteiger partial charge on any atom is -0.476 e. The lowest BCUT2D eigenvalue weighted by Crippen LogP contribution is -2.35. The van der Waals surface area contributed by atoms with Gasteiger partial charge in [-0.2, -0.15) is 0 Å². The normalized spacial score (nSPS) is 16.3. The fourth-order valence-electron chi connectivity index (χ4n) is 4.06. The Hall–Kier alpha value is -3.65. The van der Waals surface area contributed by atoms with Gasteiger partial charge < -0.3 is 15.2 Å². The molecule has 0 bridgehead atoms. The predicted molar refractivity (Wildman–Crippen MR) is 127 cm³/mol. The maximum Gasteiger partial charge on any atom is 0.414 e. The molecule has 2 atom stereocenters. The molecule has 4 rings (SSSR count). The SMILES string of the molecule is Cc1cccc(C[C@H]2COC(=O)N2c2cc(F)cc([C@@H](C)Nc3ccc(Cl)nc3C(=O)O)c2)c1. The first-order chi connectivity index (χ1) is 16.2. The van der Waals surface area contributed by atoms with E-state index < -0.39 is 23.9 Å². The molecule has 0 unspecified atom stereocenters. The van der Waals surface area contributed by atoms with Crippen molar-refractivity contribution in [3.8, 4) is 0 Å². The van der Waals surface area contributed by atoms with Gasteiger partial charge in [-0.1, -0.05) is 41.4 Å². The van der Waals surface area contributed by atoms with Crippen molar-refractivity contribution < 1.29 is 23.8 Å². The summed E-state index contributed by atoms with van der Waals surface area (Å²) in [6, 6.07) is 14.5. The summed E-state index contributed by atoms with van der Waals surface area (Å²) < 4.78 is 19.9. The van der Waals surface area contributed by atoms with Crippen LogP contribution < -0.4 is 10.2 Å². The Morgan fingerprint density at radius 1 is 1.29 bits per heavy atom. The zero-order valence-corrected chi connectivity index (χ0v) is 19.3. The van der Waals surface area contributed by atoms with Crippen LogP contribution in [0.1, 0.15) is 40.1 Å². The number of ether oxygens (including phenoxy) is 1. The van der Waals surface area contributed by atoms with E-state index >= 15 is 0 Å². The van der Waals surface area contributed by atoms with E-state index in [9.17, 15) is 19.1 Å². The molecular weight excluding hydrogens is 461 g/mol. The van der Waals surface area contributed by atoms with Crippen LogP contribution in [0.25, 0.3) is 0 Å². The zero-order valence-electron chi connectivity index (χ0n) is 18.6. The summed E-state index contributed by atoms with van der Waals surface area (Å²) in [5, 5.41) is 12.5. The van der Waals surface area contributed by atoms with Crippen LogP contribution in [0.15, 0.2) is 54.6 Å². The fourth-order valence-corrected chi connectivity index (χ4v) is 4.20. The summed E-state index contributed by atoms with van der Waals surface area (Å²) in [5.74, 6) is -1.77. The largest absolute Gasteiger partial charge is 0.476 e. The average molecular weight is 484 g/mol. The molecule has 0 radical (unpaired) electrons. The van der Waals surface area contributed by atoms with Crippen molar-refractivity contribution >= 4 is 35.0 Å². The number of rotatable bonds is 7. The van der Waals surface area contributed by atoms with Gasteiger partial charge >= 0.3 is 12.1 Å². The van der Waals surface area contributed by atoms with Gasteiger partial charge in [0.1, 0.15) is 17.6 Å². The number of halogens is 2. The van der Waals surface area contributed by atoms with Gasteiger partial charge in [0, 0.05) is 6.04 Å². The Morgan fingerprint density at radius 3 is 2.82 bits per heavy atom. The molecule has 1 aliphatic heterocycles. The van der Waals surface area contributed by atoms with E-state index in [1.54, 1.807) is 13.0 Å². The van der Waals surface area contributed by atoms with Gasteiger partial charge in [-0.3, -0.25) is 4.90 Å². The number of carboxylic acids is 1. The van der Waals surface area contributed by atoms with Crippen molar-refractivity contribution in [2.45, 2.75) is 32.4 Å². The molecule has 1 fully saturated rings. The summed E-state index contributed by atoms with van der Waals surface area (Å²) in [7, 11) is 0. The molecule has 176 valence electrons. The molecule has 0 spiro atoms. The molecule has 0 aliphatic carbocycles. The second-order valence-corrected chi connectivity index (χ2v) is 8.63. The van der Waals surface area contributed by atoms with Gasteiger partial charge in [0.25, 0.3) is 0 Å². The van der Waals surface area contributed by atoms with E-state index in [1.807, 2.05) is 31.2 Å². The predicted octanol–water partition coefficient (Wildman–Crippen LogP) is 5.62. The topological polar surface area (TPSA) is 91.8 Å². The van der Waals surface area contributed by atoms with Crippen molar-refractivity contribution in [3.05, 3.63) is 88.0 Å². The van der Waals surface area contributed by atoms with Crippen molar-refractivity contribution in [2.24, 2.45) is 0 Å². The van der Waals surface area contributed by atoms with Crippen LogP contribution >= 0.6 is 11.6 Å². The van der Waals surface area contributed by atoms with Crippen molar-refractivity contribution in [1.29, 1.82) is 0 Å². The molecule has 9 heteroatoms. The number of pyridine rings is 1. The third kappa shape index (κ3) is 5.12. The van der Waals surface area contributed by atoms with Crippen LogP contribution in [0, 0.1) is 12.7 Å². The molecule has 3 aromatic rings. The highest BCUT2D eigenvalue weighted by atomic mass is 35.5. The lowest BCUT2D eigenvalue weighted by Gasteiger charge is -2.24. The van der Waals surface area contributed by atoms with Crippen molar-refractivity contribution in [3.63, 3.8) is 0 Å². The Kier molecular flexibility index (Phi) is 6.70. The number of anilines is 2. The average Bonchev–Trinajstić information content (AvgIpc) is 3.14. The lowest BCUT2D eigenvalue weighted by molar-refractivity contribution is 0.0691. The number of aryl methyl sites for hydroxylation is 1. The van der Waals surface area contributed by atoms with Gasteiger partial charge in [0.15, 0.2) is 5.69 Å². The van der Waals surface area contributed by atoms with E-state index in [0.717, 1.165) is 11.1 Å². The summed E-state index contributed by atoms with van der Waals surface area (Å²) in [6.45, 7) is 3.95. The van der Waals surface area contributed by atoms with E-state index in [1.165, 1.54) is 29.2 Å². The van der Waals surface area contributed by atoms with E-state index in [4.69, 9.17) is 16.3 Å². The maximum atomic E-state index is 14.6. The van der Waals surface area contributed by atoms with Gasteiger partial charge in [0.2, 0.25) is 0 Å². The number of nitrogens with one attached hydrogen (secondary N) is 1. The Bertz CT molecular complexity index is 1250. The van der Waals surface area contributed by atoms with Crippen LogP contribution in [0.2, 0.25) is 5.15 Å².